The molecule has 6 heteroatoms. The van der Waals surface area contributed by atoms with Crippen molar-refractivity contribution in [1.29, 1.82) is 0 Å². The number of rotatable bonds is 4. The van der Waals surface area contributed by atoms with Crippen LogP contribution in [-0.4, -0.2) is 11.5 Å². The molecule has 2 nitrogen and oxygen atoms in total. The summed E-state index contributed by atoms with van der Waals surface area (Å²) in [6.07, 6.45) is -4.98. The summed E-state index contributed by atoms with van der Waals surface area (Å²) in [4.78, 5) is 0. The predicted molar refractivity (Wildman–Crippen MR) is 66.1 cm³/mol. The van der Waals surface area contributed by atoms with Gasteiger partial charge in [-0.1, -0.05) is 12.1 Å². The van der Waals surface area contributed by atoms with Crippen molar-refractivity contribution in [1.82, 2.24) is 0 Å². The Hall–Kier alpha value is -1.53. The first-order chi connectivity index (χ1) is 8.94. The number of hydrogen-bond acceptors (Lipinski definition) is 3. The highest BCUT2D eigenvalue weighted by atomic mass is 32.1. The minimum Gasteiger partial charge on any atom is -0.406 e. The van der Waals surface area contributed by atoms with E-state index in [-0.39, 0.29) is 5.75 Å². The normalized spacial score (nSPS) is 13.3. The van der Waals surface area contributed by atoms with Gasteiger partial charge in [-0.2, -0.15) is 11.3 Å². The Morgan fingerprint density at radius 3 is 2.37 bits per heavy atom. The van der Waals surface area contributed by atoms with Crippen LogP contribution in [0.15, 0.2) is 41.1 Å². The summed E-state index contributed by atoms with van der Waals surface area (Å²) in [6, 6.07) is 7.32. The fraction of sp³-hybridized carbons (Fsp3) is 0.231. The van der Waals surface area contributed by atoms with Crippen LogP contribution < -0.4 is 4.74 Å². The van der Waals surface area contributed by atoms with Crippen molar-refractivity contribution in [2.75, 3.05) is 0 Å². The quantitative estimate of drug-likeness (QED) is 0.924. The summed E-state index contributed by atoms with van der Waals surface area (Å²) in [7, 11) is 0. The van der Waals surface area contributed by atoms with E-state index in [1.807, 2.05) is 16.8 Å². The van der Waals surface area contributed by atoms with Gasteiger partial charge in [0.15, 0.2) is 0 Å². The molecule has 0 amide bonds. The van der Waals surface area contributed by atoms with Crippen molar-refractivity contribution >= 4 is 11.3 Å². The molecular weight excluding hydrogens is 277 g/mol. The summed E-state index contributed by atoms with van der Waals surface area (Å²) >= 11 is 1.48. The van der Waals surface area contributed by atoms with Crippen LogP contribution in [0.4, 0.5) is 13.2 Å². The minimum atomic E-state index is -4.68. The van der Waals surface area contributed by atoms with Gasteiger partial charge in [0, 0.05) is 6.42 Å². The Morgan fingerprint density at radius 1 is 1.16 bits per heavy atom. The molecule has 1 aromatic carbocycles. The van der Waals surface area contributed by atoms with Crippen molar-refractivity contribution in [3.8, 4) is 5.75 Å². The zero-order chi connectivity index (χ0) is 13.9. The van der Waals surface area contributed by atoms with Gasteiger partial charge >= 0.3 is 6.36 Å². The van der Waals surface area contributed by atoms with Crippen LogP contribution >= 0.6 is 11.3 Å². The maximum atomic E-state index is 12.0. The smallest absolute Gasteiger partial charge is 0.406 e. The van der Waals surface area contributed by atoms with Gasteiger partial charge in [-0.25, -0.2) is 0 Å². The third kappa shape index (κ3) is 4.25. The van der Waals surface area contributed by atoms with Crippen LogP contribution in [0.5, 0.6) is 5.75 Å². The largest absolute Gasteiger partial charge is 0.573 e. The predicted octanol–water partition coefficient (Wildman–Crippen LogP) is 3.92. The summed E-state index contributed by atoms with van der Waals surface area (Å²) in [5, 5.41) is 13.6. The van der Waals surface area contributed by atoms with Crippen LogP contribution in [0.1, 0.15) is 17.2 Å². The van der Waals surface area contributed by atoms with Crippen molar-refractivity contribution in [2.45, 2.75) is 18.9 Å². The highest BCUT2D eigenvalue weighted by Gasteiger charge is 2.30. The molecule has 0 fully saturated rings. The SMILES string of the molecule is OC(Cc1ccc(OC(F)(F)F)cc1)c1ccsc1. The van der Waals surface area contributed by atoms with Crippen LogP contribution in [0.25, 0.3) is 0 Å². The van der Waals surface area contributed by atoms with Crippen molar-refractivity contribution in [2.24, 2.45) is 0 Å². The van der Waals surface area contributed by atoms with E-state index in [2.05, 4.69) is 4.74 Å². The Kier molecular flexibility index (Phi) is 4.11. The van der Waals surface area contributed by atoms with Gasteiger partial charge in [-0.05, 0) is 40.1 Å². The number of aliphatic hydroxyl groups excluding tert-OH is 1. The van der Waals surface area contributed by atoms with E-state index in [1.54, 1.807) is 0 Å². The molecule has 0 saturated carbocycles. The van der Waals surface area contributed by atoms with Crippen LogP contribution in [0.3, 0.4) is 0 Å². The highest BCUT2D eigenvalue weighted by Crippen LogP contribution is 2.25. The Balaban J connectivity index is 1.99. The second-order valence-electron chi connectivity index (χ2n) is 3.97. The number of alkyl halides is 3. The van der Waals surface area contributed by atoms with Crippen LogP contribution in [0.2, 0.25) is 0 Å². The van der Waals surface area contributed by atoms with E-state index in [0.29, 0.717) is 6.42 Å². The lowest BCUT2D eigenvalue weighted by molar-refractivity contribution is -0.274. The topological polar surface area (TPSA) is 29.5 Å². The van der Waals surface area contributed by atoms with Gasteiger partial charge in [0.1, 0.15) is 5.75 Å². The Labute approximate surface area is 112 Å². The number of benzene rings is 1. The molecule has 1 aromatic heterocycles. The Bertz CT molecular complexity index is 506. The first-order valence-electron chi connectivity index (χ1n) is 5.49. The van der Waals surface area contributed by atoms with Gasteiger partial charge in [-0.3, -0.25) is 0 Å². The van der Waals surface area contributed by atoms with Gasteiger partial charge in [0.25, 0.3) is 0 Å². The van der Waals surface area contributed by atoms with Gasteiger partial charge in [-0.15, -0.1) is 13.2 Å². The van der Waals surface area contributed by atoms with E-state index in [9.17, 15) is 18.3 Å². The zero-order valence-electron chi connectivity index (χ0n) is 9.72. The lowest BCUT2D eigenvalue weighted by Crippen LogP contribution is -2.17. The van der Waals surface area contributed by atoms with E-state index in [0.717, 1.165) is 11.1 Å². The standard InChI is InChI=1S/C13H11F3O2S/c14-13(15,16)18-11-3-1-9(2-4-11)7-12(17)10-5-6-19-8-10/h1-6,8,12,17H,7H2. The molecule has 2 aromatic rings. The highest BCUT2D eigenvalue weighted by molar-refractivity contribution is 7.07. The van der Waals surface area contributed by atoms with Crippen LogP contribution in [-0.2, 0) is 6.42 Å². The number of aliphatic hydroxyl groups is 1. The second kappa shape index (κ2) is 5.63. The summed E-state index contributed by atoms with van der Waals surface area (Å²) < 4.78 is 39.7. The third-order valence-corrected chi connectivity index (χ3v) is 3.22. The monoisotopic (exact) mass is 288 g/mol. The van der Waals surface area contributed by atoms with Crippen molar-refractivity contribution < 1.29 is 23.0 Å². The Morgan fingerprint density at radius 2 is 1.84 bits per heavy atom. The van der Waals surface area contributed by atoms with Gasteiger partial charge in [0.05, 0.1) is 6.10 Å². The van der Waals surface area contributed by atoms with E-state index in [4.69, 9.17) is 0 Å². The second-order valence-corrected chi connectivity index (χ2v) is 4.75. The van der Waals surface area contributed by atoms with E-state index >= 15 is 0 Å². The first-order valence-corrected chi connectivity index (χ1v) is 6.43. The van der Waals surface area contributed by atoms with E-state index < -0.39 is 12.5 Å². The molecule has 0 bridgehead atoms. The fourth-order valence-corrected chi connectivity index (χ4v) is 2.34. The molecule has 102 valence electrons. The first kappa shape index (κ1) is 13.9. The zero-order valence-corrected chi connectivity index (χ0v) is 10.5. The molecule has 0 saturated heterocycles. The third-order valence-electron chi connectivity index (χ3n) is 2.51. The van der Waals surface area contributed by atoms with E-state index in [1.165, 1.54) is 35.6 Å². The van der Waals surface area contributed by atoms with Gasteiger partial charge < -0.3 is 9.84 Å². The maximum absolute atomic E-state index is 12.0. The van der Waals surface area contributed by atoms with Gasteiger partial charge in [0.2, 0.25) is 0 Å². The number of halogens is 3. The molecule has 0 aliphatic rings. The molecule has 0 spiro atoms. The van der Waals surface area contributed by atoms with Crippen LogP contribution in [0, 0.1) is 0 Å². The summed E-state index contributed by atoms with van der Waals surface area (Å²) in [5.74, 6) is -0.263. The number of ether oxygens (including phenoxy) is 1. The lowest BCUT2D eigenvalue weighted by Gasteiger charge is -2.11. The lowest BCUT2D eigenvalue weighted by atomic mass is 10.0. The molecule has 0 radical (unpaired) electrons. The molecule has 0 aliphatic heterocycles. The number of thiophene rings is 1. The number of hydrogen-bond donors (Lipinski definition) is 1. The molecule has 1 N–H and O–H groups in total. The molecule has 1 heterocycles. The molecule has 0 aliphatic carbocycles. The summed E-state index contributed by atoms with van der Waals surface area (Å²) in [6.45, 7) is 0. The summed E-state index contributed by atoms with van der Waals surface area (Å²) in [5.41, 5.74) is 1.55. The maximum Gasteiger partial charge on any atom is 0.573 e. The van der Waals surface area contributed by atoms with Crippen molar-refractivity contribution in [3.63, 3.8) is 0 Å². The van der Waals surface area contributed by atoms with Crippen molar-refractivity contribution in [3.05, 3.63) is 52.2 Å². The molecule has 1 unspecified atom stereocenters. The molecule has 1 atom stereocenters. The molecule has 19 heavy (non-hydrogen) atoms. The average molecular weight is 288 g/mol. The fourth-order valence-electron chi connectivity index (χ4n) is 1.63. The average Bonchev–Trinajstić information content (AvgIpc) is 2.83. The molecular formula is C13H11F3O2S. The molecule has 2 rings (SSSR count). The minimum absolute atomic E-state index is 0.263.